The van der Waals surface area contributed by atoms with Gasteiger partial charge in [0.2, 0.25) is 5.91 Å². The van der Waals surface area contributed by atoms with E-state index in [0.717, 1.165) is 36.1 Å². The molecule has 2 aliphatic heterocycles. The molecule has 0 aromatic heterocycles. The van der Waals surface area contributed by atoms with Gasteiger partial charge in [0.05, 0.1) is 0 Å². The maximum absolute atomic E-state index is 12.6. The molecule has 114 valence electrons. The number of carbonyl (C=O) groups excluding carboxylic acids is 2. The second-order valence-electron chi connectivity index (χ2n) is 5.57. The molecular weight excluding hydrogens is 264 g/mol. The van der Waals surface area contributed by atoms with Crippen molar-refractivity contribution in [3.63, 3.8) is 0 Å². The van der Waals surface area contributed by atoms with E-state index in [0.29, 0.717) is 13.0 Å². The highest BCUT2D eigenvalue weighted by molar-refractivity contribution is 6.04. The first-order valence-corrected chi connectivity index (χ1v) is 7.70. The third-order valence-electron chi connectivity index (χ3n) is 4.41. The predicted octanol–water partition coefficient (Wildman–Crippen LogP) is 2.68. The first-order chi connectivity index (χ1) is 10.0. The summed E-state index contributed by atoms with van der Waals surface area (Å²) in [4.78, 5) is 26.5. The number of piperidine rings is 1. The summed E-state index contributed by atoms with van der Waals surface area (Å²) in [6.07, 6.45) is 5.16. The van der Waals surface area contributed by atoms with Crippen LogP contribution in [0.5, 0.6) is 0 Å². The van der Waals surface area contributed by atoms with Crippen LogP contribution < -0.4 is 5.32 Å². The second kappa shape index (κ2) is 6.29. The monoisotopic (exact) mass is 288 g/mol. The fraction of sp³-hybridized carbons (Fsp3) is 0.529. The molecule has 2 heterocycles. The van der Waals surface area contributed by atoms with Gasteiger partial charge in [-0.1, -0.05) is 32.1 Å². The van der Waals surface area contributed by atoms with Crippen LogP contribution in [-0.2, 0) is 9.59 Å². The van der Waals surface area contributed by atoms with Gasteiger partial charge < -0.3 is 10.2 Å². The molecule has 0 saturated carbocycles. The molecule has 0 aromatic rings. The minimum Gasteiger partial charge on any atom is -0.329 e. The summed E-state index contributed by atoms with van der Waals surface area (Å²) in [6.45, 7) is 10.5. The van der Waals surface area contributed by atoms with Gasteiger partial charge in [-0.05, 0) is 38.2 Å². The highest BCUT2D eigenvalue weighted by atomic mass is 16.2. The molecule has 4 heteroatoms. The number of hydrogen-bond donors (Lipinski definition) is 1. The van der Waals surface area contributed by atoms with Gasteiger partial charge in [-0.25, -0.2) is 0 Å². The van der Waals surface area contributed by atoms with Crippen molar-refractivity contribution >= 4 is 11.8 Å². The Labute approximate surface area is 126 Å². The van der Waals surface area contributed by atoms with Crippen molar-refractivity contribution in [1.82, 2.24) is 10.2 Å². The molecule has 2 aliphatic rings. The number of carbonyl (C=O) groups is 2. The van der Waals surface area contributed by atoms with Gasteiger partial charge in [0, 0.05) is 17.8 Å². The van der Waals surface area contributed by atoms with Crippen molar-refractivity contribution in [2.24, 2.45) is 0 Å². The summed E-state index contributed by atoms with van der Waals surface area (Å²) in [6, 6.07) is -0.370. The topological polar surface area (TPSA) is 49.4 Å². The van der Waals surface area contributed by atoms with E-state index in [-0.39, 0.29) is 17.9 Å². The zero-order valence-electron chi connectivity index (χ0n) is 13.2. The molecule has 2 amide bonds. The maximum Gasteiger partial charge on any atom is 0.254 e. The molecule has 1 N–H and O–H groups in total. The minimum atomic E-state index is -0.370. The Kier molecular flexibility index (Phi) is 4.66. The Morgan fingerprint density at radius 1 is 1.38 bits per heavy atom. The molecule has 1 unspecified atom stereocenters. The van der Waals surface area contributed by atoms with Crippen LogP contribution in [0.25, 0.3) is 0 Å². The highest BCUT2D eigenvalue weighted by Gasteiger charge is 2.40. The van der Waals surface area contributed by atoms with Crippen LogP contribution in [0, 0.1) is 0 Å². The van der Waals surface area contributed by atoms with Crippen molar-refractivity contribution in [2.45, 2.75) is 52.5 Å². The molecule has 1 atom stereocenters. The lowest BCUT2D eigenvalue weighted by Crippen LogP contribution is -2.50. The van der Waals surface area contributed by atoms with Gasteiger partial charge in [0.15, 0.2) is 0 Å². The summed E-state index contributed by atoms with van der Waals surface area (Å²) < 4.78 is 0. The summed E-state index contributed by atoms with van der Waals surface area (Å²) in [5.41, 5.74) is 3.93. The van der Waals surface area contributed by atoms with Crippen LogP contribution in [0.15, 0.2) is 35.1 Å². The first kappa shape index (κ1) is 15.5. The smallest absolute Gasteiger partial charge is 0.254 e. The van der Waals surface area contributed by atoms with Crippen LogP contribution in [-0.4, -0.2) is 29.3 Å². The summed E-state index contributed by atoms with van der Waals surface area (Å²) in [7, 11) is 0. The average molecular weight is 288 g/mol. The molecule has 2 fully saturated rings. The molecule has 4 nitrogen and oxygen atoms in total. The number of nitrogens with zero attached hydrogens (tertiary/aromatic N) is 1. The fourth-order valence-corrected chi connectivity index (χ4v) is 3.20. The molecule has 0 spiro atoms. The standard InChI is InChI=1S/C17H24N2O2/c1-5-12(6-2)14-10-19(17(21)13(14)7-3)15-9-8-11(4)18-16(15)20/h7,15H,4-6,8-10H2,1-3H3,(H,18,20)/b13-7+. The maximum atomic E-state index is 12.6. The number of allylic oxidation sites excluding steroid dienone is 3. The molecule has 0 bridgehead atoms. The third kappa shape index (κ3) is 2.80. The zero-order valence-corrected chi connectivity index (χ0v) is 13.2. The van der Waals surface area contributed by atoms with E-state index in [1.807, 2.05) is 13.0 Å². The Morgan fingerprint density at radius 2 is 2.05 bits per heavy atom. The molecule has 0 radical (unpaired) electrons. The van der Waals surface area contributed by atoms with Crippen LogP contribution in [0.2, 0.25) is 0 Å². The van der Waals surface area contributed by atoms with Gasteiger partial charge in [-0.3, -0.25) is 9.59 Å². The Balaban J connectivity index is 2.32. The molecule has 2 saturated heterocycles. The van der Waals surface area contributed by atoms with Crippen molar-refractivity contribution in [3.05, 3.63) is 35.1 Å². The van der Waals surface area contributed by atoms with E-state index in [1.54, 1.807) is 4.90 Å². The van der Waals surface area contributed by atoms with Crippen molar-refractivity contribution in [1.29, 1.82) is 0 Å². The predicted molar refractivity (Wildman–Crippen MR) is 83.4 cm³/mol. The van der Waals surface area contributed by atoms with Crippen molar-refractivity contribution < 1.29 is 9.59 Å². The first-order valence-electron chi connectivity index (χ1n) is 7.70. The zero-order chi connectivity index (χ0) is 15.6. The van der Waals surface area contributed by atoms with Crippen LogP contribution in [0.3, 0.4) is 0 Å². The molecule has 2 rings (SSSR count). The minimum absolute atomic E-state index is 0.0143. The normalized spacial score (nSPS) is 24.8. The van der Waals surface area contributed by atoms with E-state index in [9.17, 15) is 9.59 Å². The highest BCUT2D eigenvalue weighted by Crippen LogP contribution is 2.32. The molecule has 0 aromatic carbocycles. The van der Waals surface area contributed by atoms with Gasteiger partial charge in [0.1, 0.15) is 6.04 Å². The lowest BCUT2D eigenvalue weighted by atomic mass is 9.98. The van der Waals surface area contributed by atoms with E-state index in [1.165, 1.54) is 5.57 Å². The largest absolute Gasteiger partial charge is 0.329 e. The van der Waals surface area contributed by atoms with Gasteiger partial charge in [0.25, 0.3) is 5.91 Å². The van der Waals surface area contributed by atoms with Crippen LogP contribution >= 0.6 is 0 Å². The molecule has 21 heavy (non-hydrogen) atoms. The lowest BCUT2D eigenvalue weighted by Gasteiger charge is -2.30. The quantitative estimate of drug-likeness (QED) is 0.812. The number of amides is 2. The van der Waals surface area contributed by atoms with Crippen LogP contribution in [0.1, 0.15) is 46.5 Å². The Morgan fingerprint density at radius 3 is 2.57 bits per heavy atom. The van der Waals surface area contributed by atoms with Gasteiger partial charge >= 0.3 is 0 Å². The average Bonchev–Trinajstić information content (AvgIpc) is 2.77. The number of rotatable bonds is 3. The van der Waals surface area contributed by atoms with Gasteiger partial charge in [-0.15, -0.1) is 0 Å². The molecular formula is C17H24N2O2. The number of nitrogens with one attached hydrogen (secondary N) is 1. The van der Waals surface area contributed by atoms with E-state index < -0.39 is 0 Å². The lowest BCUT2D eigenvalue weighted by molar-refractivity contribution is -0.136. The fourth-order valence-electron chi connectivity index (χ4n) is 3.20. The van der Waals surface area contributed by atoms with E-state index >= 15 is 0 Å². The van der Waals surface area contributed by atoms with Crippen LogP contribution in [0.4, 0.5) is 0 Å². The Bertz CT molecular complexity index is 537. The van der Waals surface area contributed by atoms with E-state index in [2.05, 4.69) is 25.7 Å². The summed E-state index contributed by atoms with van der Waals surface area (Å²) in [5.74, 6) is -0.120. The summed E-state index contributed by atoms with van der Waals surface area (Å²) in [5, 5.41) is 2.77. The summed E-state index contributed by atoms with van der Waals surface area (Å²) >= 11 is 0. The van der Waals surface area contributed by atoms with Gasteiger partial charge in [-0.2, -0.15) is 0 Å². The SMILES string of the molecule is C=C1CCC(N2CC(=C(CC)CC)/C(=C\C)C2=O)C(=O)N1. The third-order valence-corrected chi connectivity index (χ3v) is 4.41. The second-order valence-corrected chi connectivity index (χ2v) is 5.57. The van der Waals surface area contributed by atoms with E-state index in [4.69, 9.17) is 0 Å². The van der Waals surface area contributed by atoms with Crippen molar-refractivity contribution in [3.8, 4) is 0 Å². The molecule has 0 aliphatic carbocycles. The Hall–Kier alpha value is -1.84. The van der Waals surface area contributed by atoms with Crippen molar-refractivity contribution in [2.75, 3.05) is 6.54 Å². The number of likely N-dealkylation sites (tertiary alicyclic amines) is 1. The number of hydrogen-bond acceptors (Lipinski definition) is 2.